The second-order valence-corrected chi connectivity index (χ2v) is 11.4. The number of rotatable bonds is 11. The van der Waals surface area contributed by atoms with Crippen LogP contribution in [0.15, 0.2) is 42.5 Å². The molecule has 198 valence electrons. The van der Waals surface area contributed by atoms with Crippen molar-refractivity contribution in [3.8, 4) is 0 Å². The molecule has 0 radical (unpaired) electrons. The highest BCUT2D eigenvalue weighted by molar-refractivity contribution is 7.90. The standard InChI is InChI=1S/C26H37FN4O4S/c1-8-23(26(33)28-18(2)3)30(16-21-11-13-22(27)14-12-21)25(32)17-31(36(34,35)29(6)7)24-15-19(4)9-10-20(24)5/h9-15,18,23H,8,16-17H2,1-7H3,(H,28,33)/t23-/m0/s1. The molecule has 36 heavy (non-hydrogen) atoms. The molecule has 0 bridgehead atoms. The predicted molar refractivity (Wildman–Crippen MR) is 140 cm³/mol. The molecule has 8 nitrogen and oxygen atoms in total. The van der Waals surface area contributed by atoms with Crippen molar-refractivity contribution in [2.24, 2.45) is 0 Å². The van der Waals surface area contributed by atoms with Gasteiger partial charge in [-0.05, 0) is 69.0 Å². The number of nitrogens with one attached hydrogen (secondary N) is 1. The van der Waals surface area contributed by atoms with Gasteiger partial charge in [-0.1, -0.05) is 31.2 Å². The Hall–Kier alpha value is -2.98. The maximum Gasteiger partial charge on any atom is 0.304 e. The van der Waals surface area contributed by atoms with Crippen LogP contribution in [-0.2, 0) is 26.3 Å². The van der Waals surface area contributed by atoms with E-state index in [1.165, 1.54) is 31.1 Å². The van der Waals surface area contributed by atoms with E-state index in [1.807, 2.05) is 26.8 Å². The van der Waals surface area contributed by atoms with Crippen LogP contribution >= 0.6 is 0 Å². The lowest BCUT2D eigenvalue weighted by Crippen LogP contribution is -2.54. The van der Waals surface area contributed by atoms with Gasteiger partial charge >= 0.3 is 10.2 Å². The molecule has 2 aromatic rings. The van der Waals surface area contributed by atoms with Crippen LogP contribution in [0.4, 0.5) is 10.1 Å². The summed E-state index contributed by atoms with van der Waals surface area (Å²) < 4.78 is 42.3. The molecule has 0 aliphatic carbocycles. The molecular weight excluding hydrogens is 483 g/mol. The first-order chi connectivity index (χ1) is 16.8. The molecule has 10 heteroatoms. The van der Waals surface area contributed by atoms with Gasteiger partial charge in [-0.15, -0.1) is 0 Å². The third-order valence-electron chi connectivity index (χ3n) is 5.74. The van der Waals surface area contributed by atoms with Crippen molar-refractivity contribution < 1.29 is 22.4 Å². The Morgan fingerprint density at radius 3 is 2.17 bits per heavy atom. The van der Waals surface area contributed by atoms with Crippen molar-refractivity contribution in [3.05, 3.63) is 65.0 Å². The minimum Gasteiger partial charge on any atom is -0.352 e. The Morgan fingerprint density at radius 1 is 1.03 bits per heavy atom. The van der Waals surface area contributed by atoms with Crippen LogP contribution in [-0.4, -0.2) is 62.2 Å². The van der Waals surface area contributed by atoms with Crippen LogP contribution in [0.2, 0.25) is 0 Å². The molecule has 0 saturated carbocycles. The van der Waals surface area contributed by atoms with Crippen molar-refractivity contribution in [2.75, 3.05) is 24.9 Å². The van der Waals surface area contributed by atoms with Gasteiger partial charge in [0.2, 0.25) is 11.8 Å². The van der Waals surface area contributed by atoms with Crippen molar-refractivity contribution in [1.82, 2.24) is 14.5 Å². The van der Waals surface area contributed by atoms with E-state index in [2.05, 4.69) is 5.32 Å². The largest absolute Gasteiger partial charge is 0.352 e. The molecule has 0 aliphatic heterocycles. The molecule has 1 atom stereocenters. The maximum atomic E-state index is 13.8. The number of carbonyl (C=O) groups is 2. The zero-order valence-corrected chi connectivity index (χ0v) is 22.9. The lowest BCUT2D eigenvalue weighted by Gasteiger charge is -2.34. The summed E-state index contributed by atoms with van der Waals surface area (Å²) in [5.74, 6) is -1.30. The Balaban J connectivity index is 2.55. The van der Waals surface area contributed by atoms with Crippen molar-refractivity contribution >= 4 is 27.7 Å². The first-order valence-electron chi connectivity index (χ1n) is 11.9. The van der Waals surface area contributed by atoms with Gasteiger partial charge in [0, 0.05) is 26.7 Å². The first kappa shape index (κ1) is 29.3. The Morgan fingerprint density at radius 2 is 1.64 bits per heavy atom. The molecular formula is C26H37FN4O4S. The number of benzene rings is 2. The van der Waals surface area contributed by atoms with Gasteiger partial charge in [-0.3, -0.25) is 9.59 Å². The first-order valence-corrected chi connectivity index (χ1v) is 13.3. The lowest BCUT2D eigenvalue weighted by molar-refractivity contribution is -0.140. The number of amides is 2. The third-order valence-corrected chi connectivity index (χ3v) is 7.54. The molecule has 0 unspecified atom stereocenters. The smallest absolute Gasteiger partial charge is 0.304 e. The topological polar surface area (TPSA) is 90.0 Å². The monoisotopic (exact) mass is 520 g/mol. The SMILES string of the molecule is CC[C@@H](C(=O)NC(C)C)N(Cc1ccc(F)cc1)C(=O)CN(c1cc(C)ccc1C)S(=O)(=O)N(C)C. The highest BCUT2D eigenvalue weighted by Crippen LogP contribution is 2.26. The van der Waals surface area contributed by atoms with Crippen molar-refractivity contribution in [2.45, 2.75) is 59.7 Å². The number of anilines is 1. The van der Waals surface area contributed by atoms with Gasteiger partial charge in [0.15, 0.2) is 0 Å². The minimum atomic E-state index is -4.04. The highest BCUT2D eigenvalue weighted by atomic mass is 32.2. The summed E-state index contributed by atoms with van der Waals surface area (Å²) in [5.41, 5.74) is 2.54. The van der Waals surface area contributed by atoms with E-state index in [9.17, 15) is 22.4 Å². The van der Waals surface area contributed by atoms with E-state index in [-0.39, 0.29) is 18.5 Å². The Kier molecular flexibility index (Phi) is 10.0. The van der Waals surface area contributed by atoms with E-state index >= 15 is 0 Å². The van der Waals surface area contributed by atoms with E-state index < -0.39 is 34.5 Å². The van der Waals surface area contributed by atoms with Gasteiger partial charge in [0.1, 0.15) is 18.4 Å². The summed E-state index contributed by atoms with van der Waals surface area (Å²) >= 11 is 0. The molecule has 0 saturated heterocycles. The molecule has 2 aromatic carbocycles. The summed E-state index contributed by atoms with van der Waals surface area (Å²) in [4.78, 5) is 28.2. The zero-order valence-electron chi connectivity index (χ0n) is 22.1. The van der Waals surface area contributed by atoms with Crippen molar-refractivity contribution in [3.63, 3.8) is 0 Å². The van der Waals surface area contributed by atoms with Gasteiger partial charge in [0.25, 0.3) is 0 Å². The normalized spacial score (nSPS) is 12.5. The van der Waals surface area contributed by atoms with Crippen LogP contribution in [0.1, 0.15) is 43.9 Å². The number of halogens is 1. The number of carbonyl (C=O) groups excluding carboxylic acids is 2. The summed E-state index contributed by atoms with van der Waals surface area (Å²) in [5, 5.41) is 2.84. The molecule has 0 spiro atoms. The zero-order chi connectivity index (χ0) is 27.2. The third kappa shape index (κ3) is 7.27. The molecule has 2 rings (SSSR count). The van der Waals surface area contributed by atoms with Gasteiger partial charge in [0.05, 0.1) is 5.69 Å². The number of hydrogen-bond donors (Lipinski definition) is 1. The molecule has 2 amide bonds. The fourth-order valence-corrected chi connectivity index (χ4v) is 4.89. The van der Waals surface area contributed by atoms with Crippen LogP contribution in [0.3, 0.4) is 0 Å². The van der Waals surface area contributed by atoms with Gasteiger partial charge < -0.3 is 10.2 Å². The van der Waals surface area contributed by atoms with Crippen LogP contribution in [0, 0.1) is 19.7 Å². The van der Waals surface area contributed by atoms with E-state index in [4.69, 9.17) is 0 Å². The van der Waals surface area contributed by atoms with Crippen LogP contribution in [0.25, 0.3) is 0 Å². The summed E-state index contributed by atoms with van der Waals surface area (Å²) in [6, 6.07) is 10.1. The van der Waals surface area contributed by atoms with Crippen LogP contribution in [0.5, 0.6) is 0 Å². The van der Waals surface area contributed by atoms with E-state index in [1.54, 1.807) is 38.1 Å². The number of hydrogen-bond acceptors (Lipinski definition) is 4. The van der Waals surface area contributed by atoms with Gasteiger partial charge in [-0.25, -0.2) is 8.70 Å². The molecule has 0 heterocycles. The van der Waals surface area contributed by atoms with Crippen molar-refractivity contribution in [1.29, 1.82) is 0 Å². The fraction of sp³-hybridized carbons (Fsp3) is 0.462. The molecule has 0 aliphatic rings. The quantitative estimate of drug-likeness (QED) is 0.492. The van der Waals surface area contributed by atoms with Crippen LogP contribution < -0.4 is 9.62 Å². The second kappa shape index (κ2) is 12.3. The summed E-state index contributed by atoms with van der Waals surface area (Å²) in [7, 11) is -1.24. The average molecular weight is 521 g/mol. The highest BCUT2D eigenvalue weighted by Gasteiger charge is 2.34. The van der Waals surface area contributed by atoms with Gasteiger partial charge in [-0.2, -0.15) is 12.7 Å². The predicted octanol–water partition coefficient (Wildman–Crippen LogP) is 3.39. The maximum absolute atomic E-state index is 13.8. The van der Waals surface area contributed by atoms with E-state index in [0.717, 1.165) is 14.2 Å². The molecule has 0 fully saturated rings. The Bertz CT molecular complexity index is 1170. The summed E-state index contributed by atoms with van der Waals surface area (Å²) in [6.07, 6.45) is 0.315. The minimum absolute atomic E-state index is 0.0196. The molecule has 0 aromatic heterocycles. The number of aryl methyl sites for hydroxylation is 2. The molecule has 1 N–H and O–H groups in total. The second-order valence-electron chi connectivity index (χ2n) is 9.32. The van der Waals surface area contributed by atoms with E-state index in [0.29, 0.717) is 23.2 Å². The average Bonchev–Trinajstić information content (AvgIpc) is 2.79. The fourth-order valence-electron chi connectivity index (χ4n) is 3.78. The Labute approximate surface area is 214 Å². The number of nitrogens with zero attached hydrogens (tertiary/aromatic N) is 3. The summed E-state index contributed by atoms with van der Waals surface area (Å²) in [6.45, 7) is 8.57. The lowest BCUT2D eigenvalue weighted by atomic mass is 10.1.